The van der Waals surface area contributed by atoms with Crippen molar-refractivity contribution in [2.24, 2.45) is 7.05 Å². The van der Waals surface area contributed by atoms with Crippen LogP contribution in [0.25, 0.3) is 0 Å². The lowest BCUT2D eigenvalue weighted by molar-refractivity contribution is 0.269. The number of rotatable bonds is 3. The summed E-state index contributed by atoms with van der Waals surface area (Å²) in [5.41, 5.74) is -0.784. The summed E-state index contributed by atoms with van der Waals surface area (Å²) in [7, 11) is 1.93. The van der Waals surface area contributed by atoms with Crippen molar-refractivity contribution >= 4 is 23.0 Å². The molecule has 0 saturated carbocycles. The SMILES string of the molecule is Cn1ccnc1CN1CCCN(C(=S)Nc2c(F)cc(F)c(F)c2F)CC1. The summed E-state index contributed by atoms with van der Waals surface area (Å²) < 4.78 is 56.0. The normalized spacial score (nSPS) is 15.7. The Kier molecular flexibility index (Phi) is 5.95. The maximum Gasteiger partial charge on any atom is 0.196 e. The first kappa shape index (κ1) is 19.6. The third-order valence-corrected chi connectivity index (χ3v) is 4.87. The molecule has 0 spiro atoms. The monoisotopic (exact) mass is 401 g/mol. The van der Waals surface area contributed by atoms with E-state index in [4.69, 9.17) is 12.2 Å². The van der Waals surface area contributed by atoms with Crippen molar-refractivity contribution in [3.05, 3.63) is 47.6 Å². The second kappa shape index (κ2) is 8.22. The highest BCUT2D eigenvalue weighted by atomic mass is 32.1. The predicted octanol–water partition coefficient (Wildman–Crippen LogP) is 2.88. The van der Waals surface area contributed by atoms with E-state index in [2.05, 4.69) is 15.2 Å². The number of nitrogens with one attached hydrogen (secondary N) is 1. The number of anilines is 1. The van der Waals surface area contributed by atoms with Crippen LogP contribution in [0.3, 0.4) is 0 Å². The smallest absolute Gasteiger partial charge is 0.196 e. The number of aryl methyl sites for hydroxylation is 1. The average Bonchev–Trinajstić information content (AvgIpc) is 2.89. The van der Waals surface area contributed by atoms with Gasteiger partial charge in [-0.15, -0.1) is 0 Å². The standard InChI is InChI=1S/C17H19F4N5S/c1-24-6-3-22-13(24)10-25-4-2-5-26(8-7-25)17(27)23-16-12(19)9-11(18)14(20)15(16)21/h3,6,9H,2,4-5,7-8,10H2,1H3,(H,23,27). The molecule has 0 bridgehead atoms. The summed E-state index contributed by atoms with van der Waals surface area (Å²) in [6.07, 6.45) is 4.40. The molecule has 1 aliphatic rings. The first-order valence-electron chi connectivity index (χ1n) is 8.44. The molecular weight excluding hydrogens is 382 g/mol. The van der Waals surface area contributed by atoms with Gasteiger partial charge in [-0.2, -0.15) is 0 Å². The highest BCUT2D eigenvalue weighted by molar-refractivity contribution is 7.80. The topological polar surface area (TPSA) is 36.3 Å². The Balaban J connectivity index is 1.63. The van der Waals surface area contributed by atoms with E-state index in [1.54, 1.807) is 11.1 Å². The first-order valence-corrected chi connectivity index (χ1v) is 8.85. The zero-order valence-corrected chi connectivity index (χ0v) is 15.5. The molecule has 1 N–H and O–H groups in total. The van der Waals surface area contributed by atoms with Gasteiger partial charge in [0.05, 0.1) is 6.54 Å². The van der Waals surface area contributed by atoms with E-state index in [-0.39, 0.29) is 5.11 Å². The molecule has 10 heteroatoms. The van der Waals surface area contributed by atoms with E-state index >= 15 is 0 Å². The van der Waals surface area contributed by atoms with Gasteiger partial charge in [0.2, 0.25) is 0 Å². The predicted molar refractivity (Wildman–Crippen MR) is 97.2 cm³/mol. The Hall–Kier alpha value is -2.20. The minimum atomic E-state index is -1.74. The molecule has 0 amide bonds. The lowest BCUT2D eigenvalue weighted by Gasteiger charge is -2.25. The van der Waals surface area contributed by atoms with Gasteiger partial charge in [0, 0.05) is 51.7 Å². The number of hydrogen-bond acceptors (Lipinski definition) is 3. The zero-order chi connectivity index (χ0) is 19.6. The summed E-state index contributed by atoms with van der Waals surface area (Å²) in [5.74, 6) is -5.24. The Morgan fingerprint density at radius 1 is 1.11 bits per heavy atom. The molecule has 5 nitrogen and oxygen atoms in total. The van der Waals surface area contributed by atoms with Crippen LogP contribution in [-0.2, 0) is 13.6 Å². The molecule has 3 rings (SSSR count). The first-order chi connectivity index (χ1) is 12.9. The van der Waals surface area contributed by atoms with Crippen LogP contribution < -0.4 is 5.32 Å². The van der Waals surface area contributed by atoms with Crippen LogP contribution in [0.1, 0.15) is 12.2 Å². The molecule has 27 heavy (non-hydrogen) atoms. The number of hydrogen-bond donors (Lipinski definition) is 1. The quantitative estimate of drug-likeness (QED) is 0.371. The Morgan fingerprint density at radius 2 is 1.89 bits per heavy atom. The number of thiocarbonyl (C=S) groups is 1. The molecule has 1 aliphatic heterocycles. The lowest BCUT2D eigenvalue weighted by Crippen LogP contribution is -2.38. The fourth-order valence-electron chi connectivity index (χ4n) is 2.95. The average molecular weight is 401 g/mol. The largest absolute Gasteiger partial charge is 0.348 e. The van der Waals surface area contributed by atoms with E-state index in [1.807, 2.05) is 17.8 Å². The van der Waals surface area contributed by atoms with Gasteiger partial charge >= 0.3 is 0 Å². The minimum Gasteiger partial charge on any atom is -0.348 e. The van der Waals surface area contributed by atoms with E-state index in [0.717, 1.165) is 18.8 Å². The summed E-state index contributed by atoms with van der Waals surface area (Å²) >= 11 is 5.22. The molecular formula is C17H19F4N5S. The molecule has 0 atom stereocenters. The van der Waals surface area contributed by atoms with Crippen LogP contribution in [0.4, 0.5) is 23.2 Å². The zero-order valence-electron chi connectivity index (χ0n) is 14.7. The molecule has 1 fully saturated rings. The molecule has 1 aromatic heterocycles. The van der Waals surface area contributed by atoms with Gasteiger partial charge in [-0.05, 0) is 18.6 Å². The third-order valence-electron chi connectivity index (χ3n) is 4.51. The van der Waals surface area contributed by atoms with E-state index in [1.165, 1.54) is 0 Å². The Morgan fingerprint density at radius 3 is 2.59 bits per heavy atom. The molecule has 2 heterocycles. The van der Waals surface area contributed by atoms with Crippen molar-refractivity contribution < 1.29 is 17.6 Å². The number of imidazole rings is 1. The van der Waals surface area contributed by atoms with Gasteiger partial charge in [-0.1, -0.05) is 0 Å². The number of nitrogens with zero attached hydrogens (tertiary/aromatic N) is 4. The number of halogens is 4. The summed E-state index contributed by atoms with van der Waals surface area (Å²) in [4.78, 5) is 8.28. The van der Waals surface area contributed by atoms with E-state index in [9.17, 15) is 17.6 Å². The van der Waals surface area contributed by atoms with Crippen LogP contribution in [0.2, 0.25) is 0 Å². The second-order valence-corrected chi connectivity index (χ2v) is 6.73. The molecule has 0 radical (unpaired) electrons. The van der Waals surface area contributed by atoms with Crippen molar-refractivity contribution in [3.8, 4) is 0 Å². The van der Waals surface area contributed by atoms with E-state index in [0.29, 0.717) is 32.2 Å². The van der Waals surface area contributed by atoms with Crippen LogP contribution >= 0.6 is 12.2 Å². The summed E-state index contributed by atoms with van der Waals surface area (Å²) in [6.45, 7) is 3.29. The van der Waals surface area contributed by atoms with E-state index < -0.39 is 29.0 Å². The fourth-order valence-corrected chi connectivity index (χ4v) is 3.23. The highest BCUT2D eigenvalue weighted by Gasteiger charge is 2.23. The summed E-state index contributed by atoms with van der Waals surface area (Å²) in [5, 5.41) is 2.45. The maximum absolute atomic E-state index is 13.8. The van der Waals surface area contributed by atoms with Gasteiger partial charge in [-0.3, -0.25) is 4.90 Å². The molecule has 146 valence electrons. The molecule has 0 unspecified atom stereocenters. The van der Waals surface area contributed by atoms with Gasteiger partial charge < -0.3 is 14.8 Å². The van der Waals surface area contributed by atoms with Crippen molar-refractivity contribution in [2.45, 2.75) is 13.0 Å². The highest BCUT2D eigenvalue weighted by Crippen LogP contribution is 2.24. The number of aromatic nitrogens is 2. The third kappa shape index (κ3) is 4.38. The van der Waals surface area contributed by atoms with Gasteiger partial charge in [0.25, 0.3) is 0 Å². The van der Waals surface area contributed by atoms with Crippen molar-refractivity contribution in [3.63, 3.8) is 0 Å². The second-order valence-electron chi connectivity index (χ2n) is 6.34. The van der Waals surface area contributed by atoms with Crippen molar-refractivity contribution in [2.75, 3.05) is 31.5 Å². The number of benzene rings is 1. The van der Waals surface area contributed by atoms with Crippen LogP contribution in [-0.4, -0.2) is 50.6 Å². The van der Waals surface area contributed by atoms with Crippen molar-refractivity contribution in [1.29, 1.82) is 0 Å². The van der Waals surface area contributed by atoms with Crippen LogP contribution in [0.5, 0.6) is 0 Å². The molecule has 1 aromatic carbocycles. The van der Waals surface area contributed by atoms with Crippen molar-refractivity contribution in [1.82, 2.24) is 19.4 Å². The molecule has 2 aromatic rings. The fraction of sp³-hybridized carbons (Fsp3) is 0.412. The molecule has 1 saturated heterocycles. The summed E-state index contributed by atoms with van der Waals surface area (Å²) in [6, 6.07) is 0.292. The van der Waals surface area contributed by atoms with Crippen LogP contribution in [0, 0.1) is 23.3 Å². The Bertz CT molecular complexity index is 841. The van der Waals surface area contributed by atoms with Gasteiger partial charge in [0.1, 0.15) is 11.5 Å². The minimum absolute atomic E-state index is 0.0673. The van der Waals surface area contributed by atoms with Gasteiger partial charge in [-0.25, -0.2) is 22.5 Å². The Labute approximate surface area is 159 Å². The van der Waals surface area contributed by atoms with Crippen LogP contribution in [0.15, 0.2) is 18.5 Å². The van der Waals surface area contributed by atoms with Gasteiger partial charge in [0.15, 0.2) is 28.4 Å². The lowest BCUT2D eigenvalue weighted by atomic mass is 10.2. The maximum atomic E-state index is 13.8. The molecule has 0 aliphatic carbocycles.